The molecule has 32 heavy (non-hydrogen) atoms. The second kappa shape index (κ2) is 9.44. The summed E-state index contributed by atoms with van der Waals surface area (Å²) in [4.78, 5) is 12.7. The third kappa shape index (κ3) is 4.77. The smallest absolute Gasteiger partial charge is 0.342 e. The van der Waals surface area contributed by atoms with E-state index >= 15 is 0 Å². The van der Waals surface area contributed by atoms with Gasteiger partial charge in [-0.05, 0) is 50.1 Å². The minimum absolute atomic E-state index is 0.0267. The highest BCUT2D eigenvalue weighted by atomic mass is 32.2. The van der Waals surface area contributed by atoms with Crippen LogP contribution < -0.4 is 4.31 Å². The molecule has 0 saturated heterocycles. The fourth-order valence-electron chi connectivity index (χ4n) is 3.38. The summed E-state index contributed by atoms with van der Waals surface area (Å²) in [6.07, 6.45) is 3.82. The summed E-state index contributed by atoms with van der Waals surface area (Å²) in [7, 11) is -3.71. The molecule has 1 aromatic heterocycles. The number of aromatic hydroxyl groups is 1. The Labute approximate surface area is 185 Å². The van der Waals surface area contributed by atoms with Gasteiger partial charge in [0.25, 0.3) is 0 Å². The standard InChI is InChI=1S/C23H24FNO6S/c1-4-6-7-12-25(32(3,28)29)18-14-20-17(13-19(18)26)21(23(27)30-5-2)22(31-20)15-8-10-16(24)11-9-15/h4,8-11,13-14,26H,1,5-7,12H2,2-3H3. The number of sulfonamides is 1. The number of rotatable bonds is 9. The number of halogens is 1. The van der Waals surface area contributed by atoms with Crippen LogP contribution in [0.5, 0.6) is 5.75 Å². The maximum absolute atomic E-state index is 13.4. The number of benzene rings is 2. The van der Waals surface area contributed by atoms with Crippen molar-refractivity contribution in [2.24, 2.45) is 0 Å². The molecule has 3 rings (SSSR count). The average Bonchev–Trinajstić information content (AvgIpc) is 3.09. The summed E-state index contributed by atoms with van der Waals surface area (Å²) in [5.74, 6) is -1.33. The second-order valence-electron chi connectivity index (χ2n) is 7.14. The van der Waals surface area contributed by atoms with Crippen molar-refractivity contribution in [3.63, 3.8) is 0 Å². The van der Waals surface area contributed by atoms with Crippen LogP contribution in [0.25, 0.3) is 22.3 Å². The maximum Gasteiger partial charge on any atom is 0.342 e. The van der Waals surface area contributed by atoms with E-state index in [-0.39, 0.29) is 46.9 Å². The van der Waals surface area contributed by atoms with Crippen molar-refractivity contribution in [3.8, 4) is 17.1 Å². The zero-order valence-electron chi connectivity index (χ0n) is 17.8. The van der Waals surface area contributed by atoms with Crippen LogP contribution in [0.1, 0.15) is 30.1 Å². The highest BCUT2D eigenvalue weighted by Gasteiger charge is 2.27. The molecular weight excluding hydrogens is 437 g/mol. The summed E-state index contributed by atoms with van der Waals surface area (Å²) in [6.45, 7) is 5.52. The van der Waals surface area contributed by atoms with Gasteiger partial charge < -0.3 is 14.3 Å². The van der Waals surface area contributed by atoms with Gasteiger partial charge in [0.1, 0.15) is 28.5 Å². The number of nitrogens with zero attached hydrogens (tertiary/aromatic N) is 1. The molecule has 1 N–H and O–H groups in total. The molecule has 9 heteroatoms. The molecule has 0 aliphatic rings. The van der Waals surface area contributed by atoms with Crippen molar-refractivity contribution in [2.45, 2.75) is 19.8 Å². The number of phenols is 1. The van der Waals surface area contributed by atoms with Crippen LogP contribution in [-0.4, -0.2) is 38.9 Å². The first-order valence-corrected chi connectivity index (χ1v) is 11.8. The molecule has 0 radical (unpaired) electrons. The van der Waals surface area contributed by atoms with Gasteiger partial charge in [-0.3, -0.25) is 4.31 Å². The molecule has 0 unspecified atom stereocenters. The Morgan fingerprint density at radius 3 is 2.56 bits per heavy atom. The number of furan rings is 1. The Hall–Kier alpha value is -3.33. The van der Waals surface area contributed by atoms with Crippen LogP contribution in [0.3, 0.4) is 0 Å². The van der Waals surface area contributed by atoms with Crippen LogP contribution in [-0.2, 0) is 14.8 Å². The van der Waals surface area contributed by atoms with Crippen molar-refractivity contribution in [1.29, 1.82) is 0 Å². The Bertz CT molecular complexity index is 1250. The molecule has 0 saturated carbocycles. The third-order valence-corrected chi connectivity index (χ3v) is 5.99. The first-order chi connectivity index (χ1) is 15.2. The number of ether oxygens (including phenoxy) is 1. The normalized spacial score (nSPS) is 11.5. The predicted molar refractivity (Wildman–Crippen MR) is 121 cm³/mol. The van der Waals surface area contributed by atoms with Gasteiger partial charge in [0.2, 0.25) is 10.0 Å². The monoisotopic (exact) mass is 461 g/mol. The average molecular weight is 462 g/mol. The predicted octanol–water partition coefficient (Wildman–Crippen LogP) is 4.85. The number of anilines is 1. The van der Waals surface area contributed by atoms with E-state index in [0.717, 1.165) is 10.6 Å². The largest absolute Gasteiger partial charge is 0.506 e. The number of carbonyl (C=O) groups excluding carboxylic acids is 1. The minimum Gasteiger partial charge on any atom is -0.506 e. The first-order valence-electron chi connectivity index (χ1n) is 9.98. The molecule has 2 aromatic carbocycles. The Morgan fingerprint density at radius 2 is 1.97 bits per heavy atom. The lowest BCUT2D eigenvalue weighted by molar-refractivity contribution is 0.0528. The SMILES string of the molecule is C=CCCCN(c1cc2oc(-c3ccc(F)cc3)c(C(=O)OCC)c2cc1O)S(C)(=O)=O. The topological polar surface area (TPSA) is 97.1 Å². The third-order valence-electron chi connectivity index (χ3n) is 4.81. The lowest BCUT2D eigenvalue weighted by Gasteiger charge is -2.23. The second-order valence-corrected chi connectivity index (χ2v) is 9.04. The number of phenolic OH excluding ortho intramolecular Hbond substituents is 1. The van der Waals surface area contributed by atoms with Crippen molar-refractivity contribution in [3.05, 3.63) is 60.4 Å². The number of unbranched alkanes of at least 4 members (excludes halogenated alkanes) is 1. The molecule has 0 bridgehead atoms. The fourth-order valence-corrected chi connectivity index (χ4v) is 4.34. The van der Waals surface area contributed by atoms with Crippen LogP contribution in [0, 0.1) is 5.82 Å². The van der Waals surface area contributed by atoms with Gasteiger partial charge in [-0.25, -0.2) is 17.6 Å². The quantitative estimate of drug-likeness (QED) is 0.278. The summed E-state index contributed by atoms with van der Waals surface area (Å²) in [6, 6.07) is 8.01. The molecule has 0 spiro atoms. The summed E-state index contributed by atoms with van der Waals surface area (Å²) >= 11 is 0. The molecule has 0 amide bonds. The number of fused-ring (bicyclic) bond motifs is 1. The Balaban J connectivity index is 2.22. The first kappa shape index (κ1) is 23.3. The summed E-state index contributed by atoms with van der Waals surface area (Å²) in [5.41, 5.74) is 0.696. The zero-order chi connectivity index (χ0) is 23.5. The Morgan fingerprint density at radius 1 is 1.28 bits per heavy atom. The zero-order valence-corrected chi connectivity index (χ0v) is 18.6. The van der Waals surface area contributed by atoms with Crippen LogP contribution in [0.2, 0.25) is 0 Å². The van der Waals surface area contributed by atoms with Gasteiger partial charge in [-0.2, -0.15) is 0 Å². The molecule has 7 nitrogen and oxygen atoms in total. The van der Waals surface area contributed by atoms with Crippen LogP contribution >= 0.6 is 0 Å². The fraction of sp³-hybridized carbons (Fsp3) is 0.261. The number of carbonyl (C=O) groups is 1. The van der Waals surface area contributed by atoms with E-state index < -0.39 is 21.8 Å². The van der Waals surface area contributed by atoms with Crippen molar-refractivity contribution >= 4 is 32.6 Å². The number of allylic oxidation sites excluding steroid dienone is 1. The molecule has 0 atom stereocenters. The van der Waals surface area contributed by atoms with E-state index in [9.17, 15) is 22.7 Å². The van der Waals surface area contributed by atoms with Gasteiger partial charge in [-0.15, -0.1) is 6.58 Å². The van der Waals surface area contributed by atoms with Gasteiger partial charge in [0.15, 0.2) is 0 Å². The molecular formula is C23H24FNO6S. The van der Waals surface area contributed by atoms with E-state index in [4.69, 9.17) is 9.15 Å². The van der Waals surface area contributed by atoms with Crippen molar-refractivity contribution in [2.75, 3.05) is 23.7 Å². The van der Waals surface area contributed by atoms with Gasteiger partial charge >= 0.3 is 5.97 Å². The van der Waals surface area contributed by atoms with E-state index in [0.29, 0.717) is 18.4 Å². The molecule has 0 aliphatic heterocycles. The van der Waals surface area contributed by atoms with Crippen molar-refractivity contribution in [1.82, 2.24) is 0 Å². The van der Waals surface area contributed by atoms with Crippen LogP contribution in [0.4, 0.5) is 10.1 Å². The number of hydrogen-bond donors (Lipinski definition) is 1. The van der Waals surface area contributed by atoms with E-state index in [1.165, 1.54) is 36.4 Å². The van der Waals surface area contributed by atoms with E-state index in [1.807, 2.05) is 0 Å². The number of hydrogen-bond acceptors (Lipinski definition) is 6. The minimum atomic E-state index is -3.71. The van der Waals surface area contributed by atoms with E-state index in [2.05, 4.69) is 6.58 Å². The van der Waals surface area contributed by atoms with Gasteiger partial charge in [0.05, 0.1) is 18.6 Å². The highest BCUT2D eigenvalue weighted by molar-refractivity contribution is 7.92. The molecule has 0 aliphatic carbocycles. The molecule has 170 valence electrons. The van der Waals surface area contributed by atoms with Gasteiger partial charge in [-0.1, -0.05) is 6.08 Å². The highest BCUT2D eigenvalue weighted by Crippen LogP contribution is 2.40. The van der Waals surface area contributed by atoms with Crippen molar-refractivity contribution < 1.29 is 31.9 Å². The molecule has 0 fully saturated rings. The van der Waals surface area contributed by atoms with Crippen LogP contribution in [0.15, 0.2) is 53.5 Å². The lowest BCUT2D eigenvalue weighted by atomic mass is 10.0. The van der Waals surface area contributed by atoms with E-state index in [1.54, 1.807) is 13.0 Å². The summed E-state index contributed by atoms with van der Waals surface area (Å²) < 4.78 is 50.3. The summed E-state index contributed by atoms with van der Waals surface area (Å²) in [5, 5.41) is 10.9. The lowest BCUT2D eigenvalue weighted by Crippen LogP contribution is -2.30. The number of esters is 1. The Kier molecular flexibility index (Phi) is 6.88. The molecule has 1 heterocycles. The van der Waals surface area contributed by atoms with Gasteiger partial charge in [0, 0.05) is 23.6 Å². The maximum atomic E-state index is 13.4. The molecule has 3 aromatic rings.